The number of benzene rings is 1. The Kier molecular flexibility index (Phi) is 3.75. The first-order valence-corrected chi connectivity index (χ1v) is 8.49. The van der Waals surface area contributed by atoms with Crippen LogP contribution in [0.15, 0.2) is 55.0 Å². The summed E-state index contributed by atoms with van der Waals surface area (Å²) >= 11 is 0. The van der Waals surface area contributed by atoms with E-state index < -0.39 is 6.55 Å². The van der Waals surface area contributed by atoms with Crippen molar-refractivity contribution in [1.82, 2.24) is 14.5 Å². The number of nitrogens with zero attached hydrogens (tertiary/aromatic N) is 3. The van der Waals surface area contributed by atoms with E-state index in [2.05, 4.69) is 30.7 Å². The first kappa shape index (κ1) is 16.6. The fourth-order valence-electron chi connectivity index (χ4n) is 3.29. The van der Waals surface area contributed by atoms with E-state index in [1.165, 1.54) is 6.20 Å². The molecule has 26 heavy (non-hydrogen) atoms. The molecule has 1 aromatic carbocycles. The van der Waals surface area contributed by atoms with Gasteiger partial charge in [0.05, 0.1) is 11.0 Å². The van der Waals surface area contributed by atoms with Gasteiger partial charge >= 0.3 is 6.55 Å². The van der Waals surface area contributed by atoms with E-state index in [4.69, 9.17) is 0 Å². The van der Waals surface area contributed by atoms with Gasteiger partial charge in [0.15, 0.2) is 0 Å². The lowest BCUT2D eigenvalue weighted by molar-refractivity contribution is 0.0796. The molecule has 5 heteroatoms. The molecule has 0 aliphatic heterocycles. The summed E-state index contributed by atoms with van der Waals surface area (Å²) in [6.07, 6.45) is 4.98. The molecule has 0 radical (unpaired) electrons. The van der Waals surface area contributed by atoms with Gasteiger partial charge in [-0.25, -0.2) is 0 Å². The molecule has 4 aromatic rings. The maximum Gasteiger partial charge on any atom is 0.319 e. The Balaban J connectivity index is 1.90. The van der Waals surface area contributed by atoms with E-state index in [1.54, 1.807) is 24.5 Å². The fourth-order valence-corrected chi connectivity index (χ4v) is 3.29. The molecule has 0 bridgehead atoms. The number of fused-ring (bicyclic) bond motifs is 3. The third kappa shape index (κ3) is 2.64. The lowest BCUT2D eigenvalue weighted by Gasteiger charge is -2.17. The Morgan fingerprint density at radius 3 is 2.31 bits per heavy atom. The topological polar surface area (TPSA) is 30.7 Å². The molecule has 0 saturated heterocycles. The quantitative estimate of drug-likeness (QED) is 0.447. The van der Waals surface area contributed by atoms with Crippen LogP contribution in [0.25, 0.3) is 32.9 Å². The highest BCUT2D eigenvalue weighted by Gasteiger charge is 2.18. The molecule has 0 spiro atoms. The largest absolute Gasteiger partial charge is 0.319 e. The number of halogens is 2. The summed E-state index contributed by atoms with van der Waals surface area (Å²) in [5, 5.41) is 1.51. The zero-order valence-corrected chi connectivity index (χ0v) is 14.9. The monoisotopic (exact) mass is 351 g/mol. The number of hydrogen-bond acceptors (Lipinski definition) is 2. The van der Waals surface area contributed by atoms with Crippen molar-refractivity contribution in [3.8, 4) is 11.1 Å². The minimum atomic E-state index is -2.62. The number of alkyl halides is 2. The van der Waals surface area contributed by atoms with Gasteiger partial charge in [-0.1, -0.05) is 39.0 Å². The summed E-state index contributed by atoms with van der Waals surface area (Å²) in [5.41, 5.74) is 3.73. The average molecular weight is 351 g/mol. The molecule has 0 aliphatic carbocycles. The molecular weight excluding hydrogens is 332 g/mol. The molecule has 0 atom stereocenters. The average Bonchev–Trinajstić information content (AvgIpc) is 2.95. The summed E-state index contributed by atoms with van der Waals surface area (Å²) in [4.78, 5) is 8.62. The van der Waals surface area contributed by atoms with Crippen molar-refractivity contribution in [3.63, 3.8) is 0 Å². The predicted molar refractivity (Wildman–Crippen MR) is 100 cm³/mol. The molecule has 0 unspecified atom stereocenters. The highest BCUT2D eigenvalue weighted by atomic mass is 19.3. The van der Waals surface area contributed by atoms with Crippen molar-refractivity contribution in [2.75, 3.05) is 0 Å². The third-order valence-corrected chi connectivity index (χ3v) is 4.67. The van der Waals surface area contributed by atoms with Crippen molar-refractivity contribution < 1.29 is 8.78 Å². The zero-order valence-electron chi connectivity index (χ0n) is 14.9. The van der Waals surface area contributed by atoms with Crippen molar-refractivity contribution in [2.24, 2.45) is 0 Å². The number of pyridine rings is 2. The van der Waals surface area contributed by atoms with E-state index in [9.17, 15) is 8.78 Å². The molecule has 3 aromatic heterocycles. The van der Waals surface area contributed by atoms with Crippen molar-refractivity contribution in [3.05, 3.63) is 60.7 Å². The Bertz CT molecular complexity index is 1090. The Morgan fingerprint density at radius 1 is 0.885 bits per heavy atom. The second kappa shape index (κ2) is 5.87. The maximum atomic E-state index is 13.7. The smallest absolute Gasteiger partial charge is 0.284 e. The van der Waals surface area contributed by atoms with Crippen molar-refractivity contribution >= 4 is 21.8 Å². The SMILES string of the molecule is CC(C)(C)c1ccc(-c2ccc3c4cnccc4n(C(F)F)c3c2)cn1. The van der Waals surface area contributed by atoms with Crippen LogP contribution in [0.3, 0.4) is 0 Å². The van der Waals surface area contributed by atoms with Gasteiger partial charge in [-0.15, -0.1) is 0 Å². The third-order valence-electron chi connectivity index (χ3n) is 4.67. The van der Waals surface area contributed by atoms with Crippen LogP contribution >= 0.6 is 0 Å². The Morgan fingerprint density at radius 2 is 1.65 bits per heavy atom. The zero-order chi connectivity index (χ0) is 18.5. The summed E-state index contributed by atoms with van der Waals surface area (Å²) in [5.74, 6) is 0. The van der Waals surface area contributed by atoms with Gasteiger partial charge in [-0.3, -0.25) is 14.5 Å². The molecule has 0 saturated carbocycles. The summed E-state index contributed by atoms with van der Waals surface area (Å²) in [6.45, 7) is 3.71. The van der Waals surface area contributed by atoms with Gasteiger partial charge in [-0.2, -0.15) is 8.78 Å². The molecule has 0 N–H and O–H groups in total. The van der Waals surface area contributed by atoms with Gasteiger partial charge in [0.2, 0.25) is 0 Å². The van der Waals surface area contributed by atoms with Crippen molar-refractivity contribution in [1.29, 1.82) is 0 Å². The molecule has 0 fully saturated rings. The lowest BCUT2D eigenvalue weighted by Crippen LogP contribution is -2.12. The van der Waals surface area contributed by atoms with Gasteiger partial charge < -0.3 is 0 Å². The lowest BCUT2D eigenvalue weighted by atomic mass is 9.91. The summed E-state index contributed by atoms with van der Waals surface area (Å²) in [6, 6.07) is 11.2. The summed E-state index contributed by atoms with van der Waals surface area (Å²) < 4.78 is 28.5. The maximum absolute atomic E-state index is 13.7. The minimum Gasteiger partial charge on any atom is -0.284 e. The van der Waals surface area contributed by atoms with Crippen LogP contribution in [0.4, 0.5) is 8.78 Å². The van der Waals surface area contributed by atoms with E-state index in [0.717, 1.165) is 32.2 Å². The standard InChI is InChI=1S/C21H19F2N3/c1-21(2,3)19-7-5-14(11-25-19)13-4-6-15-16-12-24-9-8-17(16)26(20(22)23)18(15)10-13/h4-12,20H,1-3H3. The normalized spacial score (nSPS) is 12.4. The van der Waals surface area contributed by atoms with Crippen LogP contribution in [0.1, 0.15) is 33.0 Å². The van der Waals surface area contributed by atoms with Gasteiger partial charge in [-0.05, 0) is 23.8 Å². The predicted octanol–water partition coefficient (Wildman–Crippen LogP) is 5.94. The first-order chi connectivity index (χ1) is 12.4. The molecule has 0 aliphatic rings. The molecule has 3 heterocycles. The number of aromatic nitrogens is 3. The number of hydrogen-bond donors (Lipinski definition) is 0. The summed E-state index contributed by atoms with van der Waals surface area (Å²) in [7, 11) is 0. The Labute approximate surface area is 150 Å². The van der Waals surface area contributed by atoms with E-state index in [1.807, 2.05) is 24.3 Å². The van der Waals surface area contributed by atoms with E-state index in [-0.39, 0.29) is 5.41 Å². The minimum absolute atomic E-state index is 0.0302. The second-order valence-electron chi connectivity index (χ2n) is 7.45. The first-order valence-electron chi connectivity index (χ1n) is 8.49. The highest BCUT2D eigenvalue weighted by molar-refractivity contribution is 6.08. The van der Waals surface area contributed by atoms with Crippen LogP contribution in [-0.4, -0.2) is 14.5 Å². The van der Waals surface area contributed by atoms with Gasteiger partial charge in [0, 0.05) is 46.0 Å². The van der Waals surface area contributed by atoms with Crippen LogP contribution < -0.4 is 0 Å². The molecule has 0 amide bonds. The van der Waals surface area contributed by atoms with E-state index in [0.29, 0.717) is 11.0 Å². The molecule has 132 valence electrons. The van der Waals surface area contributed by atoms with Crippen molar-refractivity contribution in [2.45, 2.75) is 32.7 Å². The second-order valence-corrected chi connectivity index (χ2v) is 7.45. The molecule has 4 rings (SSSR count). The van der Waals surface area contributed by atoms with Gasteiger partial charge in [0.1, 0.15) is 0 Å². The molecular formula is C21H19F2N3. The van der Waals surface area contributed by atoms with Crippen LogP contribution in [0, 0.1) is 0 Å². The molecule has 3 nitrogen and oxygen atoms in total. The van der Waals surface area contributed by atoms with E-state index >= 15 is 0 Å². The Hall–Kier alpha value is -2.82. The van der Waals surface area contributed by atoms with Gasteiger partial charge in [0.25, 0.3) is 0 Å². The van der Waals surface area contributed by atoms with Crippen LogP contribution in [-0.2, 0) is 5.41 Å². The van der Waals surface area contributed by atoms with Crippen LogP contribution in [0.2, 0.25) is 0 Å². The number of rotatable bonds is 2. The van der Waals surface area contributed by atoms with Crippen LogP contribution in [0.5, 0.6) is 0 Å². The fraction of sp³-hybridized carbons (Fsp3) is 0.238. The highest BCUT2D eigenvalue weighted by Crippen LogP contribution is 2.35.